The van der Waals surface area contributed by atoms with E-state index in [1.165, 1.54) is 17.7 Å². The number of nitrogens with zero attached hydrogens (tertiary/aromatic N) is 2. The number of aryl methyl sites for hydroxylation is 1. The molecule has 5 heteroatoms. The summed E-state index contributed by atoms with van der Waals surface area (Å²) < 4.78 is 13.9. The maximum atomic E-state index is 13.2. The second-order valence-corrected chi connectivity index (χ2v) is 6.31. The minimum Gasteiger partial charge on any atom is -0.319 e. The van der Waals surface area contributed by atoms with E-state index in [1.807, 2.05) is 13.2 Å². The normalized spacial score (nSPS) is 17.6. The van der Waals surface area contributed by atoms with Gasteiger partial charge in [-0.3, -0.25) is 0 Å². The summed E-state index contributed by atoms with van der Waals surface area (Å²) in [7, 11) is 1.99. The molecule has 1 aromatic carbocycles. The van der Waals surface area contributed by atoms with E-state index >= 15 is 0 Å². The molecule has 0 aliphatic heterocycles. The lowest BCUT2D eigenvalue weighted by Gasteiger charge is -2.23. The molecule has 0 radical (unpaired) electrons. The van der Waals surface area contributed by atoms with Crippen LogP contribution in [-0.4, -0.2) is 23.6 Å². The summed E-state index contributed by atoms with van der Waals surface area (Å²) in [5.74, 6) is 1.06. The highest BCUT2D eigenvalue weighted by Gasteiger charge is 2.20. The summed E-state index contributed by atoms with van der Waals surface area (Å²) in [4.78, 5) is 9.15. The van der Waals surface area contributed by atoms with E-state index < -0.39 is 0 Å². The summed E-state index contributed by atoms with van der Waals surface area (Å²) >= 11 is 3.38. The molecule has 1 aliphatic carbocycles. The molecule has 3 rings (SSSR count). The fraction of sp³-hybridized carbons (Fsp3) is 0.375. The SMILES string of the molecule is CNCC1CCc2nc(-c3ccc(F)cc3Br)ncc2C1. The molecule has 0 saturated carbocycles. The fourth-order valence-corrected chi connectivity index (χ4v) is 3.37. The minimum absolute atomic E-state index is 0.265. The summed E-state index contributed by atoms with van der Waals surface area (Å²) in [5.41, 5.74) is 3.20. The van der Waals surface area contributed by atoms with Crippen molar-refractivity contribution in [1.29, 1.82) is 0 Å². The standard InChI is InChI=1S/C16H17BrFN3/c1-19-8-10-2-5-15-11(6-10)9-20-16(21-15)13-4-3-12(18)7-14(13)17/h3-4,7,9-10,19H,2,5-6,8H2,1H3. The Morgan fingerprint density at radius 2 is 2.29 bits per heavy atom. The van der Waals surface area contributed by atoms with Crippen molar-refractivity contribution >= 4 is 15.9 Å². The monoisotopic (exact) mass is 349 g/mol. The highest BCUT2D eigenvalue weighted by Crippen LogP contribution is 2.29. The first-order valence-electron chi connectivity index (χ1n) is 7.12. The van der Waals surface area contributed by atoms with Crippen molar-refractivity contribution in [2.75, 3.05) is 13.6 Å². The van der Waals surface area contributed by atoms with E-state index in [9.17, 15) is 4.39 Å². The van der Waals surface area contributed by atoms with Crippen LogP contribution in [0.25, 0.3) is 11.4 Å². The maximum absolute atomic E-state index is 13.2. The Bertz CT molecular complexity index is 660. The number of hydrogen-bond donors (Lipinski definition) is 1. The van der Waals surface area contributed by atoms with Crippen molar-refractivity contribution in [2.45, 2.75) is 19.3 Å². The van der Waals surface area contributed by atoms with Gasteiger partial charge in [-0.1, -0.05) is 0 Å². The van der Waals surface area contributed by atoms with Gasteiger partial charge in [-0.15, -0.1) is 0 Å². The number of aromatic nitrogens is 2. The molecule has 1 unspecified atom stereocenters. The van der Waals surface area contributed by atoms with Gasteiger partial charge in [0.1, 0.15) is 5.82 Å². The Kier molecular flexibility index (Phi) is 4.31. The third-order valence-electron chi connectivity index (χ3n) is 3.92. The average Bonchev–Trinajstić information content (AvgIpc) is 2.47. The first-order chi connectivity index (χ1) is 10.2. The highest BCUT2D eigenvalue weighted by atomic mass is 79.9. The van der Waals surface area contributed by atoms with Gasteiger partial charge in [-0.05, 0) is 78.5 Å². The van der Waals surface area contributed by atoms with E-state index in [4.69, 9.17) is 0 Å². The van der Waals surface area contributed by atoms with E-state index in [0.717, 1.165) is 37.1 Å². The van der Waals surface area contributed by atoms with Gasteiger partial charge in [0, 0.05) is 21.9 Å². The zero-order chi connectivity index (χ0) is 14.8. The number of halogens is 2. The van der Waals surface area contributed by atoms with Crippen LogP contribution in [0, 0.1) is 11.7 Å². The largest absolute Gasteiger partial charge is 0.319 e. The third-order valence-corrected chi connectivity index (χ3v) is 4.57. The molecule has 0 fully saturated rings. The Morgan fingerprint density at radius 3 is 3.05 bits per heavy atom. The minimum atomic E-state index is -0.265. The molecule has 2 aromatic rings. The van der Waals surface area contributed by atoms with Gasteiger partial charge < -0.3 is 5.32 Å². The Labute approximate surface area is 132 Å². The molecular weight excluding hydrogens is 333 g/mol. The van der Waals surface area contributed by atoms with E-state index in [2.05, 4.69) is 31.2 Å². The number of hydrogen-bond acceptors (Lipinski definition) is 3. The summed E-state index contributed by atoms with van der Waals surface area (Å²) in [6, 6.07) is 4.60. The van der Waals surface area contributed by atoms with Gasteiger partial charge in [-0.25, -0.2) is 14.4 Å². The van der Waals surface area contributed by atoms with Crippen molar-refractivity contribution in [3.63, 3.8) is 0 Å². The van der Waals surface area contributed by atoms with Crippen LogP contribution in [0.3, 0.4) is 0 Å². The summed E-state index contributed by atoms with van der Waals surface area (Å²) in [5, 5.41) is 3.24. The van der Waals surface area contributed by atoms with Gasteiger partial charge in [0.2, 0.25) is 0 Å². The van der Waals surface area contributed by atoms with Gasteiger partial charge in [0.05, 0.1) is 0 Å². The Balaban J connectivity index is 1.90. The van der Waals surface area contributed by atoms with Gasteiger partial charge >= 0.3 is 0 Å². The topological polar surface area (TPSA) is 37.8 Å². The lowest BCUT2D eigenvalue weighted by Crippen LogP contribution is -2.25. The number of benzene rings is 1. The molecule has 1 N–H and O–H groups in total. The van der Waals surface area contributed by atoms with Crippen LogP contribution in [0.2, 0.25) is 0 Å². The number of rotatable bonds is 3. The zero-order valence-electron chi connectivity index (χ0n) is 11.9. The predicted molar refractivity (Wildman–Crippen MR) is 84.6 cm³/mol. The molecule has 1 aliphatic rings. The van der Waals surface area contributed by atoms with Crippen LogP contribution >= 0.6 is 15.9 Å². The van der Waals surface area contributed by atoms with Crippen molar-refractivity contribution in [3.8, 4) is 11.4 Å². The van der Waals surface area contributed by atoms with Crippen LogP contribution in [0.15, 0.2) is 28.9 Å². The highest BCUT2D eigenvalue weighted by molar-refractivity contribution is 9.10. The molecule has 0 bridgehead atoms. The Hall–Kier alpha value is -1.33. The molecule has 1 aromatic heterocycles. The van der Waals surface area contributed by atoms with E-state index in [1.54, 1.807) is 6.07 Å². The van der Waals surface area contributed by atoms with Crippen molar-refractivity contribution in [2.24, 2.45) is 5.92 Å². The van der Waals surface area contributed by atoms with Crippen LogP contribution in [-0.2, 0) is 12.8 Å². The zero-order valence-corrected chi connectivity index (χ0v) is 13.5. The second kappa shape index (κ2) is 6.20. The van der Waals surface area contributed by atoms with Gasteiger partial charge in [0.25, 0.3) is 0 Å². The number of fused-ring (bicyclic) bond motifs is 1. The molecular formula is C16H17BrFN3. The Morgan fingerprint density at radius 1 is 1.43 bits per heavy atom. The van der Waals surface area contributed by atoms with E-state index in [0.29, 0.717) is 16.2 Å². The van der Waals surface area contributed by atoms with Crippen LogP contribution in [0.1, 0.15) is 17.7 Å². The van der Waals surface area contributed by atoms with Crippen LogP contribution in [0.4, 0.5) is 4.39 Å². The molecule has 1 heterocycles. The van der Waals surface area contributed by atoms with Crippen molar-refractivity contribution < 1.29 is 4.39 Å². The predicted octanol–water partition coefficient (Wildman–Crippen LogP) is 3.37. The average molecular weight is 350 g/mol. The lowest BCUT2D eigenvalue weighted by atomic mass is 9.87. The van der Waals surface area contributed by atoms with Gasteiger partial charge in [-0.2, -0.15) is 0 Å². The molecule has 0 amide bonds. The molecule has 3 nitrogen and oxygen atoms in total. The molecule has 1 atom stereocenters. The van der Waals surface area contributed by atoms with Crippen molar-refractivity contribution in [3.05, 3.63) is 45.9 Å². The second-order valence-electron chi connectivity index (χ2n) is 5.46. The smallest absolute Gasteiger partial charge is 0.160 e. The number of nitrogens with one attached hydrogen (secondary N) is 1. The summed E-state index contributed by atoms with van der Waals surface area (Å²) in [6.07, 6.45) is 5.08. The van der Waals surface area contributed by atoms with Crippen molar-refractivity contribution in [1.82, 2.24) is 15.3 Å². The van der Waals surface area contributed by atoms with Crippen LogP contribution in [0.5, 0.6) is 0 Å². The molecule has 110 valence electrons. The quantitative estimate of drug-likeness (QED) is 0.922. The molecule has 0 saturated heterocycles. The van der Waals surface area contributed by atoms with E-state index in [-0.39, 0.29) is 5.82 Å². The van der Waals surface area contributed by atoms with Gasteiger partial charge in [0.15, 0.2) is 5.82 Å². The fourth-order valence-electron chi connectivity index (χ4n) is 2.85. The molecule has 0 spiro atoms. The van der Waals surface area contributed by atoms with Crippen LogP contribution < -0.4 is 5.32 Å². The lowest BCUT2D eigenvalue weighted by molar-refractivity contribution is 0.434. The first kappa shape index (κ1) is 14.6. The summed E-state index contributed by atoms with van der Waals surface area (Å²) in [6.45, 7) is 1.03. The first-order valence-corrected chi connectivity index (χ1v) is 7.91. The third kappa shape index (κ3) is 3.14. The maximum Gasteiger partial charge on any atom is 0.160 e. The molecule has 21 heavy (non-hydrogen) atoms.